The summed E-state index contributed by atoms with van der Waals surface area (Å²) < 4.78 is 1.65. The lowest BCUT2D eigenvalue weighted by Gasteiger charge is -2.21. The molecule has 0 saturated carbocycles. The van der Waals surface area contributed by atoms with Crippen LogP contribution in [0.25, 0.3) is 5.69 Å². The maximum absolute atomic E-state index is 13.0. The normalized spacial score (nSPS) is 10.8. The molecule has 0 unspecified atom stereocenters. The van der Waals surface area contributed by atoms with Crippen LogP contribution in [0.4, 0.5) is 5.69 Å². The number of nitrogens with zero attached hydrogens (tertiary/aromatic N) is 4. The first kappa shape index (κ1) is 18.1. The smallest absolute Gasteiger partial charge is 0.297 e. The number of hydrogen-bond donors (Lipinski definition) is 0. The zero-order valence-electron chi connectivity index (χ0n) is 15.3. The molecule has 0 aliphatic heterocycles. The highest BCUT2D eigenvalue weighted by molar-refractivity contribution is 6.30. The maximum Gasteiger partial charge on any atom is 0.297 e. The molecule has 6 heteroatoms. The Morgan fingerprint density at radius 1 is 1.12 bits per heavy atom. The fourth-order valence-corrected chi connectivity index (χ4v) is 3.09. The third-order valence-electron chi connectivity index (χ3n) is 4.24. The number of aryl methyl sites for hydroxylation is 3. The van der Waals surface area contributed by atoms with E-state index < -0.39 is 0 Å². The van der Waals surface area contributed by atoms with Crippen LogP contribution in [0.15, 0.2) is 42.5 Å². The van der Waals surface area contributed by atoms with Gasteiger partial charge >= 0.3 is 0 Å². The van der Waals surface area contributed by atoms with Gasteiger partial charge in [-0.3, -0.25) is 4.79 Å². The topological polar surface area (TPSA) is 51.0 Å². The van der Waals surface area contributed by atoms with Crippen LogP contribution in [0.1, 0.15) is 34.5 Å². The average Bonchev–Trinajstić information content (AvgIpc) is 2.99. The highest BCUT2D eigenvalue weighted by Crippen LogP contribution is 2.23. The van der Waals surface area contributed by atoms with E-state index in [4.69, 9.17) is 11.6 Å². The van der Waals surface area contributed by atoms with Gasteiger partial charge in [0.2, 0.25) is 5.82 Å². The molecule has 0 spiro atoms. The second kappa shape index (κ2) is 7.30. The van der Waals surface area contributed by atoms with E-state index in [0.29, 0.717) is 17.4 Å². The van der Waals surface area contributed by atoms with Crippen LogP contribution >= 0.6 is 11.6 Å². The van der Waals surface area contributed by atoms with Crippen molar-refractivity contribution in [3.63, 3.8) is 0 Å². The van der Waals surface area contributed by atoms with Crippen LogP contribution in [0.2, 0.25) is 5.02 Å². The van der Waals surface area contributed by atoms with Crippen molar-refractivity contribution in [2.24, 2.45) is 0 Å². The molecule has 0 bridgehead atoms. The zero-order chi connectivity index (χ0) is 18.8. The first-order valence-electron chi connectivity index (χ1n) is 8.49. The van der Waals surface area contributed by atoms with Crippen molar-refractivity contribution >= 4 is 23.2 Å². The van der Waals surface area contributed by atoms with Crippen LogP contribution in [-0.2, 0) is 0 Å². The van der Waals surface area contributed by atoms with Crippen molar-refractivity contribution < 1.29 is 4.79 Å². The fourth-order valence-electron chi connectivity index (χ4n) is 2.96. The van der Waals surface area contributed by atoms with E-state index in [1.165, 1.54) is 0 Å². The van der Waals surface area contributed by atoms with E-state index in [2.05, 4.69) is 16.1 Å². The lowest BCUT2D eigenvalue weighted by Crippen LogP contribution is -2.32. The first-order chi connectivity index (χ1) is 12.4. The van der Waals surface area contributed by atoms with Crippen LogP contribution in [0.5, 0.6) is 0 Å². The molecule has 3 aromatic rings. The summed E-state index contributed by atoms with van der Waals surface area (Å²) in [5.41, 5.74) is 3.90. The summed E-state index contributed by atoms with van der Waals surface area (Å²) in [5.74, 6) is 0.613. The fraction of sp³-hybridized carbons (Fsp3) is 0.250. The van der Waals surface area contributed by atoms with Crippen LogP contribution in [0.3, 0.4) is 0 Å². The molecule has 1 amide bonds. The van der Waals surface area contributed by atoms with Crippen molar-refractivity contribution in [2.45, 2.75) is 27.7 Å². The molecular formula is C20H21ClN4O. The summed E-state index contributed by atoms with van der Waals surface area (Å²) in [5, 5.41) is 5.07. The summed E-state index contributed by atoms with van der Waals surface area (Å²) in [7, 11) is 0. The summed E-state index contributed by atoms with van der Waals surface area (Å²) in [6, 6.07) is 13.3. The first-order valence-corrected chi connectivity index (χ1v) is 8.87. The average molecular weight is 369 g/mol. The van der Waals surface area contributed by atoms with Gasteiger partial charge in [0, 0.05) is 17.3 Å². The number of amides is 1. The number of carbonyl (C=O) groups is 1. The van der Waals surface area contributed by atoms with Gasteiger partial charge in [-0.25, -0.2) is 9.67 Å². The molecule has 3 rings (SSSR count). The van der Waals surface area contributed by atoms with Crippen molar-refractivity contribution in [3.8, 4) is 5.69 Å². The Labute approximate surface area is 158 Å². The van der Waals surface area contributed by atoms with Gasteiger partial charge in [-0.2, -0.15) is 0 Å². The second-order valence-corrected chi connectivity index (χ2v) is 6.65. The van der Waals surface area contributed by atoms with Gasteiger partial charge in [-0.15, -0.1) is 5.10 Å². The quantitative estimate of drug-likeness (QED) is 0.680. The Bertz CT molecular complexity index is 947. The molecule has 0 aliphatic carbocycles. The molecule has 134 valence electrons. The monoisotopic (exact) mass is 368 g/mol. The van der Waals surface area contributed by atoms with Crippen LogP contribution in [-0.4, -0.2) is 27.2 Å². The van der Waals surface area contributed by atoms with E-state index in [9.17, 15) is 4.79 Å². The Morgan fingerprint density at radius 3 is 2.42 bits per heavy atom. The minimum absolute atomic E-state index is 0.180. The zero-order valence-corrected chi connectivity index (χ0v) is 16.1. The summed E-state index contributed by atoms with van der Waals surface area (Å²) in [6.45, 7) is 8.35. The van der Waals surface area contributed by atoms with Gasteiger partial charge in [-0.1, -0.05) is 29.3 Å². The van der Waals surface area contributed by atoms with E-state index in [0.717, 1.165) is 22.5 Å². The lowest BCUT2D eigenvalue weighted by atomic mass is 10.1. The molecule has 1 heterocycles. The summed E-state index contributed by atoms with van der Waals surface area (Å²) in [4.78, 5) is 19.1. The predicted octanol–water partition coefficient (Wildman–Crippen LogP) is 4.51. The predicted molar refractivity (Wildman–Crippen MR) is 104 cm³/mol. The largest absolute Gasteiger partial charge is 0.306 e. The number of benzene rings is 2. The van der Waals surface area contributed by atoms with Crippen molar-refractivity contribution in [1.29, 1.82) is 0 Å². The van der Waals surface area contributed by atoms with Crippen molar-refractivity contribution in [2.75, 3.05) is 11.4 Å². The van der Waals surface area contributed by atoms with Crippen molar-refractivity contribution in [3.05, 3.63) is 70.3 Å². The molecule has 5 nitrogen and oxygen atoms in total. The number of hydrogen-bond acceptors (Lipinski definition) is 3. The maximum atomic E-state index is 13.0. The molecule has 0 aliphatic rings. The number of rotatable bonds is 4. The molecule has 0 radical (unpaired) electrons. The molecule has 26 heavy (non-hydrogen) atoms. The molecule has 0 atom stereocenters. The molecule has 2 aromatic carbocycles. The van der Waals surface area contributed by atoms with Gasteiger partial charge in [0.1, 0.15) is 5.82 Å². The SMILES string of the molecule is CCN(C(=O)c1nc(C)n(-c2ccc(Cl)cc2)n1)c1ccc(C)cc1C. The highest BCUT2D eigenvalue weighted by atomic mass is 35.5. The van der Waals surface area contributed by atoms with E-state index >= 15 is 0 Å². The Kier molecular flexibility index (Phi) is 5.09. The Morgan fingerprint density at radius 2 is 1.81 bits per heavy atom. The third-order valence-corrected chi connectivity index (χ3v) is 4.49. The highest BCUT2D eigenvalue weighted by Gasteiger charge is 2.23. The number of halogens is 1. The van der Waals surface area contributed by atoms with Gasteiger partial charge in [0.05, 0.1) is 5.69 Å². The van der Waals surface area contributed by atoms with E-state index in [1.54, 1.807) is 21.7 Å². The van der Waals surface area contributed by atoms with Gasteiger partial charge < -0.3 is 4.90 Å². The summed E-state index contributed by atoms with van der Waals surface area (Å²) in [6.07, 6.45) is 0. The minimum atomic E-state index is -0.213. The van der Waals surface area contributed by atoms with E-state index in [-0.39, 0.29) is 11.7 Å². The number of carbonyl (C=O) groups excluding carboxylic acids is 1. The van der Waals surface area contributed by atoms with E-state index in [1.807, 2.05) is 52.0 Å². The molecule has 1 aromatic heterocycles. The number of aromatic nitrogens is 3. The molecule has 0 N–H and O–H groups in total. The Hall–Kier alpha value is -2.66. The third kappa shape index (κ3) is 3.48. The molecular weight excluding hydrogens is 348 g/mol. The standard InChI is InChI=1S/C20H21ClN4O/c1-5-24(18-11-6-13(2)12-14(18)3)20(26)19-22-15(4)25(23-19)17-9-7-16(21)8-10-17/h6-12H,5H2,1-4H3. The molecule has 0 fully saturated rings. The minimum Gasteiger partial charge on any atom is -0.306 e. The number of anilines is 1. The van der Waals surface area contributed by atoms with Gasteiger partial charge in [-0.05, 0) is 63.6 Å². The van der Waals surface area contributed by atoms with Gasteiger partial charge in [0.25, 0.3) is 5.91 Å². The lowest BCUT2D eigenvalue weighted by molar-refractivity contribution is 0.0978. The van der Waals surface area contributed by atoms with Crippen molar-refractivity contribution in [1.82, 2.24) is 14.8 Å². The van der Waals surface area contributed by atoms with Crippen LogP contribution < -0.4 is 4.90 Å². The van der Waals surface area contributed by atoms with Crippen LogP contribution in [0, 0.1) is 20.8 Å². The second-order valence-electron chi connectivity index (χ2n) is 6.21. The van der Waals surface area contributed by atoms with Gasteiger partial charge in [0.15, 0.2) is 0 Å². The molecule has 0 saturated heterocycles. The Balaban J connectivity index is 1.96. The summed E-state index contributed by atoms with van der Waals surface area (Å²) >= 11 is 5.94.